The molecule has 1 nitrogen and oxygen atoms in total. The molecule has 0 radical (unpaired) electrons. The highest BCUT2D eigenvalue weighted by Gasteiger charge is 2.16. The van der Waals surface area contributed by atoms with E-state index in [1.54, 1.807) is 0 Å². The number of benzene rings is 1. The van der Waals surface area contributed by atoms with Gasteiger partial charge in [-0.15, -0.1) is 0 Å². The van der Waals surface area contributed by atoms with Crippen LogP contribution in [-0.2, 0) is 6.42 Å². The van der Waals surface area contributed by atoms with Gasteiger partial charge in [-0.25, -0.2) is 0 Å². The van der Waals surface area contributed by atoms with Gasteiger partial charge in [-0.05, 0) is 24.0 Å². The molecule has 0 saturated carbocycles. The van der Waals surface area contributed by atoms with E-state index in [2.05, 4.69) is 43.3 Å². The maximum atomic E-state index is 4.47. The molecule has 0 spiro atoms. The fourth-order valence-corrected chi connectivity index (χ4v) is 1.70. The molecule has 0 aliphatic carbocycles. The third-order valence-corrected chi connectivity index (χ3v) is 2.71. The minimum atomic E-state index is 0.620. The molecule has 1 aromatic rings. The van der Waals surface area contributed by atoms with E-state index in [1.165, 1.54) is 5.56 Å². The van der Waals surface area contributed by atoms with Crippen LogP contribution in [0.5, 0.6) is 0 Å². The summed E-state index contributed by atoms with van der Waals surface area (Å²) in [6.45, 7) is 4.51. The molecule has 1 unspecified atom stereocenters. The minimum absolute atomic E-state index is 0.620. The second-order valence-electron chi connectivity index (χ2n) is 4.02. The SMILES string of the molecule is CC(C)C1C=Nc2ccccc2C1. The van der Waals surface area contributed by atoms with Crippen molar-refractivity contribution in [1.82, 2.24) is 0 Å². The summed E-state index contributed by atoms with van der Waals surface area (Å²) in [7, 11) is 0. The fourth-order valence-electron chi connectivity index (χ4n) is 1.70. The number of para-hydroxylation sites is 1. The zero-order chi connectivity index (χ0) is 9.26. The van der Waals surface area contributed by atoms with Gasteiger partial charge in [0.05, 0.1) is 5.69 Å². The first-order valence-corrected chi connectivity index (χ1v) is 4.89. The van der Waals surface area contributed by atoms with E-state index < -0.39 is 0 Å². The number of hydrogen-bond donors (Lipinski definition) is 0. The Morgan fingerprint density at radius 3 is 2.85 bits per heavy atom. The first-order chi connectivity index (χ1) is 6.27. The van der Waals surface area contributed by atoms with Crippen LogP contribution < -0.4 is 0 Å². The van der Waals surface area contributed by atoms with Crippen molar-refractivity contribution in [2.45, 2.75) is 20.3 Å². The van der Waals surface area contributed by atoms with Crippen LogP contribution in [-0.4, -0.2) is 6.21 Å². The molecule has 2 rings (SSSR count). The van der Waals surface area contributed by atoms with Crippen LogP contribution in [0, 0.1) is 11.8 Å². The summed E-state index contributed by atoms with van der Waals surface area (Å²) >= 11 is 0. The van der Waals surface area contributed by atoms with Crippen molar-refractivity contribution in [3.8, 4) is 0 Å². The molecule has 1 aromatic carbocycles. The van der Waals surface area contributed by atoms with Gasteiger partial charge < -0.3 is 0 Å². The van der Waals surface area contributed by atoms with Crippen LogP contribution in [0.25, 0.3) is 0 Å². The summed E-state index contributed by atoms with van der Waals surface area (Å²) in [6.07, 6.45) is 3.25. The first-order valence-electron chi connectivity index (χ1n) is 4.89. The van der Waals surface area contributed by atoms with Gasteiger partial charge in [-0.1, -0.05) is 32.0 Å². The molecule has 0 bridgehead atoms. The number of fused-ring (bicyclic) bond motifs is 1. The standard InChI is InChI=1S/C12H15N/c1-9(2)11-7-10-5-3-4-6-12(10)13-8-11/h3-6,8-9,11H,7H2,1-2H3. The number of hydrogen-bond acceptors (Lipinski definition) is 1. The van der Waals surface area contributed by atoms with Crippen molar-refractivity contribution in [3.05, 3.63) is 29.8 Å². The molecule has 1 aliphatic heterocycles. The monoisotopic (exact) mass is 173 g/mol. The van der Waals surface area contributed by atoms with Gasteiger partial charge in [-0.3, -0.25) is 4.99 Å². The van der Waals surface area contributed by atoms with Crippen molar-refractivity contribution < 1.29 is 0 Å². The van der Waals surface area contributed by atoms with Gasteiger partial charge in [0, 0.05) is 12.1 Å². The lowest BCUT2D eigenvalue weighted by atomic mass is 9.88. The summed E-state index contributed by atoms with van der Waals surface area (Å²) in [5.41, 5.74) is 2.54. The highest BCUT2D eigenvalue weighted by molar-refractivity contribution is 5.71. The molecule has 1 atom stereocenters. The van der Waals surface area contributed by atoms with Crippen LogP contribution in [0.15, 0.2) is 29.3 Å². The summed E-state index contributed by atoms with van der Waals surface area (Å²) in [6, 6.07) is 8.41. The fraction of sp³-hybridized carbons (Fsp3) is 0.417. The van der Waals surface area contributed by atoms with Crippen LogP contribution in [0.3, 0.4) is 0 Å². The van der Waals surface area contributed by atoms with Crippen molar-refractivity contribution in [1.29, 1.82) is 0 Å². The number of aliphatic imine (C=N–C) groups is 1. The van der Waals surface area contributed by atoms with Crippen molar-refractivity contribution in [2.75, 3.05) is 0 Å². The Bertz CT molecular complexity index is 326. The molecule has 1 heteroatoms. The van der Waals surface area contributed by atoms with Crippen LogP contribution in [0.2, 0.25) is 0 Å². The lowest BCUT2D eigenvalue weighted by Crippen LogP contribution is -2.16. The second-order valence-corrected chi connectivity index (χ2v) is 4.02. The Hall–Kier alpha value is -1.11. The first kappa shape index (κ1) is 8.49. The van der Waals surface area contributed by atoms with E-state index in [0.717, 1.165) is 12.1 Å². The largest absolute Gasteiger partial charge is 0.261 e. The van der Waals surface area contributed by atoms with Gasteiger partial charge in [0.15, 0.2) is 0 Å². The Morgan fingerprint density at radius 1 is 1.31 bits per heavy atom. The Kier molecular flexibility index (Phi) is 2.17. The quantitative estimate of drug-likeness (QED) is 0.618. The van der Waals surface area contributed by atoms with E-state index in [0.29, 0.717) is 11.8 Å². The molecule has 0 aromatic heterocycles. The van der Waals surface area contributed by atoms with E-state index in [-0.39, 0.29) is 0 Å². The molecule has 0 amide bonds. The highest BCUT2D eigenvalue weighted by Crippen LogP contribution is 2.28. The van der Waals surface area contributed by atoms with E-state index in [9.17, 15) is 0 Å². The molecular formula is C12H15N. The van der Waals surface area contributed by atoms with Crippen molar-refractivity contribution in [3.63, 3.8) is 0 Å². The van der Waals surface area contributed by atoms with Gasteiger partial charge in [0.25, 0.3) is 0 Å². The lowest BCUT2D eigenvalue weighted by Gasteiger charge is -2.21. The number of rotatable bonds is 1. The van der Waals surface area contributed by atoms with E-state index in [1.807, 2.05) is 6.07 Å². The molecule has 0 fully saturated rings. The van der Waals surface area contributed by atoms with Gasteiger partial charge in [0.2, 0.25) is 0 Å². The molecule has 0 N–H and O–H groups in total. The Labute approximate surface area is 79.5 Å². The zero-order valence-corrected chi connectivity index (χ0v) is 8.20. The molecule has 1 aliphatic rings. The predicted molar refractivity (Wildman–Crippen MR) is 56.6 cm³/mol. The normalized spacial score (nSPS) is 20.4. The van der Waals surface area contributed by atoms with Gasteiger partial charge >= 0.3 is 0 Å². The summed E-state index contributed by atoms with van der Waals surface area (Å²) in [5, 5.41) is 0. The summed E-state index contributed by atoms with van der Waals surface area (Å²) < 4.78 is 0. The topological polar surface area (TPSA) is 12.4 Å². The zero-order valence-electron chi connectivity index (χ0n) is 8.20. The highest BCUT2D eigenvalue weighted by atomic mass is 14.7. The maximum Gasteiger partial charge on any atom is 0.0658 e. The minimum Gasteiger partial charge on any atom is -0.261 e. The molecule has 68 valence electrons. The van der Waals surface area contributed by atoms with Gasteiger partial charge in [-0.2, -0.15) is 0 Å². The second kappa shape index (κ2) is 3.33. The van der Waals surface area contributed by atoms with E-state index >= 15 is 0 Å². The lowest BCUT2D eigenvalue weighted by molar-refractivity contribution is 0.496. The van der Waals surface area contributed by atoms with Crippen molar-refractivity contribution in [2.24, 2.45) is 16.8 Å². The van der Waals surface area contributed by atoms with Crippen molar-refractivity contribution >= 4 is 11.9 Å². The third kappa shape index (κ3) is 1.64. The molecule has 1 heterocycles. The van der Waals surface area contributed by atoms with Crippen LogP contribution >= 0.6 is 0 Å². The molecule has 13 heavy (non-hydrogen) atoms. The van der Waals surface area contributed by atoms with Gasteiger partial charge in [0.1, 0.15) is 0 Å². The average molecular weight is 173 g/mol. The van der Waals surface area contributed by atoms with Crippen LogP contribution in [0.4, 0.5) is 5.69 Å². The average Bonchev–Trinajstić information content (AvgIpc) is 2.17. The van der Waals surface area contributed by atoms with Crippen LogP contribution in [0.1, 0.15) is 19.4 Å². The Morgan fingerprint density at radius 2 is 2.08 bits per heavy atom. The molecular weight excluding hydrogens is 158 g/mol. The molecule has 0 saturated heterocycles. The third-order valence-electron chi connectivity index (χ3n) is 2.71. The Balaban J connectivity index is 2.29. The summed E-state index contributed by atoms with van der Waals surface area (Å²) in [4.78, 5) is 4.47. The smallest absolute Gasteiger partial charge is 0.0658 e. The predicted octanol–water partition coefficient (Wildman–Crippen LogP) is 3.22. The summed E-state index contributed by atoms with van der Waals surface area (Å²) in [5.74, 6) is 1.31. The number of nitrogens with zero attached hydrogens (tertiary/aromatic N) is 1. The van der Waals surface area contributed by atoms with E-state index in [4.69, 9.17) is 0 Å². The maximum absolute atomic E-state index is 4.47.